The highest BCUT2D eigenvalue weighted by Crippen LogP contribution is 2.37. The van der Waals surface area contributed by atoms with Crippen LogP contribution < -0.4 is 4.90 Å². The molecule has 4 rings (SSSR count). The highest BCUT2D eigenvalue weighted by molar-refractivity contribution is 5.78. The third-order valence-electron chi connectivity index (χ3n) is 6.97. The van der Waals surface area contributed by atoms with Gasteiger partial charge in [0, 0.05) is 24.8 Å². The van der Waals surface area contributed by atoms with E-state index >= 15 is 0 Å². The fraction of sp³-hybridized carbons (Fsp3) is 0.607. The van der Waals surface area contributed by atoms with Crippen LogP contribution in [0.4, 0.5) is 5.82 Å². The third kappa shape index (κ3) is 6.51. The summed E-state index contributed by atoms with van der Waals surface area (Å²) in [4.78, 5) is 19.5. The Bertz CT molecular complexity index is 1370. The molecule has 0 spiro atoms. The normalized spacial score (nSPS) is 16.9. The number of aromatic nitrogens is 6. The molecule has 1 unspecified atom stereocenters. The maximum Gasteiger partial charge on any atom is 0.337 e. The van der Waals surface area contributed by atoms with E-state index < -0.39 is 23.3 Å². The number of carboxylic acids is 1. The van der Waals surface area contributed by atoms with Crippen molar-refractivity contribution in [3.63, 3.8) is 0 Å². The highest BCUT2D eigenvalue weighted by Gasteiger charge is 2.37. The van der Waals surface area contributed by atoms with E-state index in [9.17, 15) is 15.0 Å². The van der Waals surface area contributed by atoms with Crippen LogP contribution in [0, 0.1) is 6.92 Å². The number of nitrogens with zero attached hydrogens (tertiary/aromatic N) is 7. The quantitative estimate of drug-likeness (QED) is 0.358. The maximum atomic E-state index is 12.6. The fourth-order valence-electron chi connectivity index (χ4n) is 4.86. The lowest BCUT2D eigenvalue weighted by Gasteiger charge is -2.41. The fourth-order valence-corrected chi connectivity index (χ4v) is 4.86. The Kier molecular flexibility index (Phi) is 8.08. The standard InChI is InChI=1S/C28H41N7O5/c1-9-14-39-28(8)10-12-33(13-11-28)24-22(23(25(36)37)40-26(3,4)5)18(2)29-21-15-19(31-35(21)24)16-34-17-20(30-32-34)27(6,7)38/h9,15,17,23,38H,1,10-14,16H2,2-8H3,(H,36,37). The van der Waals surface area contributed by atoms with Crippen molar-refractivity contribution in [3.8, 4) is 0 Å². The molecule has 0 aromatic carbocycles. The minimum absolute atomic E-state index is 0.300. The van der Waals surface area contributed by atoms with Gasteiger partial charge in [-0.15, -0.1) is 11.7 Å². The Morgan fingerprint density at radius 1 is 1.25 bits per heavy atom. The van der Waals surface area contributed by atoms with E-state index in [4.69, 9.17) is 19.6 Å². The number of carboxylic acid groups (broad SMARTS) is 1. The van der Waals surface area contributed by atoms with Crippen molar-refractivity contribution in [1.29, 1.82) is 0 Å². The minimum atomic E-state index is -1.24. The molecule has 1 fully saturated rings. The van der Waals surface area contributed by atoms with Crippen LogP contribution in [0.15, 0.2) is 24.9 Å². The first kappa shape index (κ1) is 29.6. The smallest absolute Gasteiger partial charge is 0.337 e. The summed E-state index contributed by atoms with van der Waals surface area (Å²) in [6, 6.07) is 1.85. The van der Waals surface area contributed by atoms with Crippen LogP contribution in [0.2, 0.25) is 0 Å². The van der Waals surface area contributed by atoms with E-state index in [2.05, 4.69) is 28.7 Å². The molecule has 0 aliphatic carbocycles. The average molecular weight is 556 g/mol. The van der Waals surface area contributed by atoms with Crippen LogP contribution in [-0.2, 0) is 26.4 Å². The number of anilines is 1. The highest BCUT2D eigenvalue weighted by atomic mass is 16.5. The number of aliphatic hydroxyl groups is 1. The van der Waals surface area contributed by atoms with E-state index in [0.29, 0.717) is 60.4 Å². The van der Waals surface area contributed by atoms with Gasteiger partial charge in [0.25, 0.3) is 0 Å². The van der Waals surface area contributed by atoms with Crippen LogP contribution in [-0.4, -0.2) is 76.7 Å². The average Bonchev–Trinajstić information content (AvgIpc) is 3.47. The van der Waals surface area contributed by atoms with Gasteiger partial charge in [-0.25, -0.2) is 14.5 Å². The molecule has 12 heteroatoms. The zero-order valence-electron chi connectivity index (χ0n) is 24.5. The van der Waals surface area contributed by atoms with Gasteiger partial charge in [-0.2, -0.15) is 9.61 Å². The number of aryl methyl sites for hydroxylation is 1. The van der Waals surface area contributed by atoms with Crippen molar-refractivity contribution < 1.29 is 24.5 Å². The maximum absolute atomic E-state index is 12.6. The van der Waals surface area contributed by atoms with Gasteiger partial charge in [-0.3, -0.25) is 0 Å². The number of fused-ring (bicyclic) bond motifs is 1. The molecule has 0 radical (unpaired) electrons. The minimum Gasteiger partial charge on any atom is -0.479 e. The predicted octanol–water partition coefficient (Wildman–Crippen LogP) is 3.41. The molecular formula is C28H41N7O5. The van der Waals surface area contributed by atoms with Gasteiger partial charge in [0.1, 0.15) is 17.1 Å². The second-order valence-corrected chi connectivity index (χ2v) is 12.2. The van der Waals surface area contributed by atoms with Crippen LogP contribution in [0.3, 0.4) is 0 Å². The van der Waals surface area contributed by atoms with E-state index in [0.717, 1.165) is 12.8 Å². The summed E-state index contributed by atoms with van der Waals surface area (Å²) < 4.78 is 15.5. The zero-order chi connectivity index (χ0) is 29.5. The molecule has 40 heavy (non-hydrogen) atoms. The van der Waals surface area contributed by atoms with Gasteiger partial charge in [-0.1, -0.05) is 11.3 Å². The molecule has 12 nitrogen and oxygen atoms in total. The van der Waals surface area contributed by atoms with Crippen LogP contribution in [0.25, 0.3) is 5.65 Å². The number of hydrogen-bond donors (Lipinski definition) is 2. The van der Waals surface area contributed by atoms with Gasteiger partial charge in [0.05, 0.1) is 41.8 Å². The first-order chi connectivity index (χ1) is 18.6. The predicted molar refractivity (Wildman–Crippen MR) is 149 cm³/mol. The Morgan fingerprint density at radius 2 is 1.93 bits per heavy atom. The summed E-state index contributed by atoms with van der Waals surface area (Å²) in [5, 5.41) is 33.6. The van der Waals surface area contributed by atoms with Gasteiger partial charge in [0.15, 0.2) is 11.8 Å². The lowest BCUT2D eigenvalue weighted by Crippen LogP contribution is -2.45. The molecule has 0 bridgehead atoms. The topological polar surface area (TPSA) is 140 Å². The lowest BCUT2D eigenvalue weighted by atomic mass is 9.92. The lowest BCUT2D eigenvalue weighted by molar-refractivity contribution is -0.160. The Hall–Kier alpha value is -3.35. The number of piperidine rings is 1. The van der Waals surface area contributed by atoms with Crippen molar-refractivity contribution in [2.75, 3.05) is 24.6 Å². The number of ether oxygens (including phenoxy) is 2. The molecule has 1 atom stereocenters. The largest absolute Gasteiger partial charge is 0.479 e. The summed E-state index contributed by atoms with van der Waals surface area (Å²) >= 11 is 0. The molecule has 4 heterocycles. The molecule has 2 N–H and O–H groups in total. The van der Waals surface area contributed by atoms with Gasteiger partial charge < -0.3 is 24.6 Å². The second kappa shape index (κ2) is 10.9. The van der Waals surface area contributed by atoms with Crippen LogP contribution >= 0.6 is 0 Å². The van der Waals surface area contributed by atoms with Crippen molar-refractivity contribution >= 4 is 17.4 Å². The van der Waals surface area contributed by atoms with Gasteiger partial charge in [0.2, 0.25) is 0 Å². The first-order valence-corrected chi connectivity index (χ1v) is 13.5. The number of hydrogen-bond acceptors (Lipinski definition) is 9. The molecule has 0 amide bonds. The Balaban J connectivity index is 1.80. The molecule has 1 aliphatic heterocycles. The molecule has 3 aromatic rings. The summed E-state index contributed by atoms with van der Waals surface area (Å²) in [5.74, 6) is -0.447. The van der Waals surface area contributed by atoms with E-state index in [1.165, 1.54) is 0 Å². The van der Waals surface area contributed by atoms with Crippen molar-refractivity contribution in [1.82, 2.24) is 29.6 Å². The number of carbonyl (C=O) groups is 1. The molecular weight excluding hydrogens is 514 g/mol. The second-order valence-electron chi connectivity index (χ2n) is 12.2. The molecule has 3 aromatic heterocycles. The summed E-state index contributed by atoms with van der Waals surface area (Å²) in [6.45, 7) is 18.5. The third-order valence-corrected chi connectivity index (χ3v) is 6.97. The Labute approximate surface area is 234 Å². The van der Waals surface area contributed by atoms with Crippen LogP contribution in [0.1, 0.15) is 83.1 Å². The monoisotopic (exact) mass is 555 g/mol. The van der Waals surface area contributed by atoms with E-state index in [1.807, 2.05) is 33.8 Å². The van der Waals surface area contributed by atoms with E-state index in [1.54, 1.807) is 35.3 Å². The summed E-state index contributed by atoms with van der Waals surface area (Å²) in [5.41, 5.74) is 0.614. The number of aliphatic carboxylic acids is 1. The van der Waals surface area contributed by atoms with Crippen molar-refractivity contribution in [2.24, 2.45) is 0 Å². The van der Waals surface area contributed by atoms with Crippen molar-refractivity contribution in [2.45, 2.75) is 90.8 Å². The molecule has 0 saturated carbocycles. The van der Waals surface area contributed by atoms with Gasteiger partial charge in [-0.05, 0) is 61.3 Å². The first-order valence-electron chi connectivity index (χ1n) is 13.5. The summed E-state index contributed by atoms with van der Waals surface area (Å²) in [6.07, 6.45) is 3.68. The SMILES string of the molecule is C=CCOC1(C)CCN(c2c(C(OC(C)(C)C)C(=O)O)c(C)nc3cc(Cn4cc(C(C)(C)O)nn4)nn23)CC1. The molecule has 1 saturated heterocycles. The van der Waals surface area contributed by atoms with Crippen LogP contribution in [0.5, 0.6) is 0 Å². The molecule has 218 valence electrons. The zero-order valence-corrected chi connectivity index (χ0v) is 24.5. The van der Waals surface area contributed by atoms with Gasteiger partial charge >= 0.3 is 5.97 Å². The number of rotatable bonds is 10. The molecule has 1 aliphatic rings. The Morgan fingerprint density at radius 3 is 2.48 bits per heavy atom. The van der Waals surface area contributed by atoms with Crippen molar-refractivity contribution in [3.05, 3.63) is 47.6 Å². The van der Waals surface area contributed by atoms with E-state index in [-0.39, 0.29) is 5.60 Å². The summed E-state index contributed by atoms with van der Waals surface area (Å²) in [7, 11) is 0.